The van der Waals surface area contributed by atoms with Gasteiger partial charge in [-0.05, 0) is 43.7 Å². The minimum atomic E-state index is -0.694. The highest BCUT2D eigenvalue weighted by Crippen LogP contribution is 2.41. The summed E-state index contributed by atoms with van der Waals surface area (Å²) < 4.78 is 11.1. The molecule has 5 rings (SSSR count). The first kappa shape index (κ1) is 17.7. The average Bonchev–Trinajstić information content (AvgIpc) is 3.25. The first-order valence-corrected chi connectivity index (χ1v) is 9.41. The molecule has 1 aliphatic heterocycles. The topological polar surface area (TPSA) is 76.6 Å². The Morgan fingerprint density at radius 3 is 2.48 bits per heavy atom. The number of halogens is 1. The van der Waals surface area contributed by atoms with Crippen molar-refractivity contribution in [3.63, 3.8) is 0 Å². The summed E-state index contributed by atoms with van der Waals surface area (Å²) in [5, 5.41) is 5.00. The number of hydrogen-bond acceptors (Lipinski definition) is 5. The summed E-state index contributed by atoms with van der Waals surface area (Å²) in [6.45, 7) is 3.64. The normalized spacial score (nSPS) is 15.9. The maximum atomic E-state index is 13.4. The highest BCUT2D eigenvalue weighted by atomic mass is 35.5. The molecule has 0 radical (unpaired) electrons. The zero-order valence-corrected chi connectivity index (χ0v) is 16.4. The molecule has 0 aliphatic carbocycles. The first-order chi connectivity index (χ1) is 13.9. The summed E-state index contributed by atoms with van der Waals surface area (Å²) in [4.78, 5) is 28.2. The van der Waals surface area contributed by atoms with Crippen molar-refractivity contribution in [2.45, 2.75) is 19.9 Å². The van der Waals surface area contributed by atoms with Gasteiger partial charge in [0.2, 0.25) is 5.76 Å². The first-order valence-electron chi connectivity index (χ1n) is 9.04. The highest BCUT2D eigenvalue weighted by Gasteiger charge is 2.44. The molecule has 1 amide bonds. The summed E-state index contributed by atoms with van der Waals surface area (Å²) in [7, 11) is 0. The van der Waals surface area contributed by atoms with Gasteiger partial charge in [-0.25, -0.2) is 0 Å². The number of aromatic nitrogens is 1. The molecule has 0 saturated carbocycles. The summed E-state index contributed by atoms with van der Waals surface area (Å²) in [5.41, 5.74) is 2.08. The van der Waals surface area contributed by atoms with E-state index in [1.165, 1.54) is 4.90 Å². The van der Waals surface area contributed by atoms with Crippen molar-refractivity contribution >= 4 is 34.3 Å². The van der Waals surface area contributed by atoms with Crippen LogP contribution in [0.4, 0.5) is 5.82 Å². The number of amides is 1. The Balaban J connectivity index is 1.83. The molecule has 1 atom stereocenters. The van der Waals surface area contributed by atoms with Crippen LogP contribution < -0.4 is 10.3 Å². The number of carbonyl (C=O) groups excluding carboxylic acids is 1. The highest BCUT2D eigenvalue weighted by molar-refractivity contribution is 6.30. The Hall–Kier alpha value is -3.38. The Morgan fingerprint density at radius 2 is 1.79 bits per heavy atom. The molecule has 3 heterocycles. The Bertz CT molecular complexity index is 1340. The quantitative estimate of drug-likeness (QED) is 0.478. The number of anilines is 1. The SMILES string of the molecule is Cc1ccc2oc3c(c(=O)c2c1)C(c1ccc(Cl)cc1)N(c1cc(C)on1)C3=O. The zero-order valence-electron chi connectivity index (χ0n) is 15.6. The number of benzene rings is 2. The van der Waals surface area contributed by atoms with Crippen LogP contribution in [0, 0.1) is 13.8 Å². The lowest BCUT2D eigenvalue weighted by Gasteiger charge is -2.22. The second-order valence-corrected chi connectivity index (χ2v) is 7.54. The van der Waals surface area contributed by atoms with Crippen LogP contribution in [0.3, 0.4) is 0 Å². The number of fused-ring (bicyclic) bond motifs is 2. The molecule has 6 nitrogen and oxygen atoms in total. The third-order valence-corrected chi connectivity index (χ3v) is 5.33. The maximum Gasteiger partial charge on any atom is 0.296 e. The van der Waals surface area contributed by atoms with E-state index in [-0.39, 0.29) is 16.8 Å². The van der Waals surface area contributed by atoms with Gasteiger partial charge in [-0.15, -0.1) is 0 Å². The van der Waals surface area contributed by atoms with Gasteiger partial charge in [0.05, 0.1) is 17.0 Å². The molecule has 7 heteroatoms. The van der Waals surface area contributed by atoms with E-state index in [4.69, 9.17) is 20.5 Å². The number of carbonyl (C=O) groups is 1. The van der Waals surface area contributed by atoms with E-state index in [0.717, 1.165) is 11.1 Å². The van der Waals surface area contributed by atoms with Gasteiger partial charge >= 0.3 is 0 Å². The lowest BCUT2D eigenvalue weighted by Crippen LogP contribution is -2.29. The third kappa shape index (κ3) is 2.68. The van der Waals surface area contributed by atoms with Crippen LogP contribution in [0.5, 0.6) is 0 Å². The lowest BCUT2D eigenvalue weighted by atomic mass is 9.98. The van der Waals surface area contributed by atoms with Crippen LogP contribution in [0.1, 0.15) is 39.0 Å². The van der Waals surface area contributed by atoms with Crippen molar-refractivity contribution in [2.24, 2.45) is 0 Å². The molecule has 0 spiro atoms. The molecular weight excluding hydrogens is 392 g/mol. The maximum absolute atomic E-state index is 13.4. The van der Waals surface area contributed by atoms with E-state index in [2.05, 4.69) is 5.16 Å². The molecule has 1 unspecified atom stereocenters. The third-order valence-electron chi connectivity index (χ3n) is 5.07. The average molecular weight is 407 g/mol. The number of hydrogen-bond donors (Lipinski definition) is 0. The monoisotopic (exact) mass is 406 g/mol. The molecule has 144 valence electrons. The minimum Gasteiger partial charge on any atom is -0.450 e. The molecule has 0 N–H and O–H groups in total. The minimum absolute atomic E-state index is 0.0203. The number of aryl methyl sites for hydroxylation is 2. The second kappa shape index (κ2) is 6.32. The van der Waals surface area contributed by atoms with E-state index in [1.54, 1.807) is 49.4 Å². The van der Waals surface area contributed by atoms with E-state index in [1.807, 2.05) is 13.0 Å². The fraction of sp³-hybridized carbons (Fsp3) is 0.136. The van der Waals surface area contributed by atoms with E-state index in [9.17, 15) is 9.59 Å². The molecule has 0 fully saturated rings. The lowest BCUT2D eigenvalue weighted by molar-refractivity contribution is 0.0969. The fourth-order valence-electron chi connectivity index (χ4n) is 3.75. The van der Waals surface area contributed by atoms with Crippen molar-refractivity contribution in [1.82, 2.24) is 5.16 Å². The summed E-state index contributed by atoms with van der Waals surface area (Å²) >= 11 is 6.04. The summed E-state index contributed by atoms with van der Waals surface area (Å²) in [6, 6.07) is 13.3. The molecule has 0 bridgehead atoms. The van der Waals surface area contributed by atoms with Crippen molar-refractivity contribution in [3.8, 4) is 0 Å². The largest absolute Gasteiger partial charge is 0.450 e. The van der Waals surface area contributed by atoms with E-state index in [0.29, 0.717) is 27.6 Å². The smallest absolute Gasteiger partial charge is 0.296 e. The van der Waals surface area contributed by atoms with Crippen LogP contribution in [0.2, 0.25) is 5.02 Å². The van der Waals surface area contributed by atoms with E-state index >= 15 is 0 Å². The zero-order chi connectivity index (χ0) is 20.3. The predicted molar refractivity (Wildman–Crippen MR) is 109 cm³/mol. The molecule has 2 aromatic carbocycles. The van der Waals surface area contributed by atoms with Gasteiger partial charge in [-0.2, -0.15) is 0 Å². The van der Waals surface area contributed by atoms with Gasteiger partial charge in [0.1, 0.15) is 11.3 Å². The van der Waals surface area contributed by atoms with Crippen LogP contribution in [-0.4, -0.2) is 11.1 Å². The number of rotatable bonds is 2. The fourth-order valence-corrected chi connectivity index (χ4v) is 3.88. The van der Waals surface area contributed by atoms with Crippen molar-refractivity contribution in [1.29, 1.82) is 0 Å². The molecule has 4 aromatic rings. The van der Waals surface area contributed by atoms with Crippen molar-refractivity contribution in [2.75, 3.05) is 4.90 Å². The molecule has 2 aromatic heterocycles. The predicted octanol–water partition coefficient (Wildman–Crippen LogP) is 4.80. The molecule has 1 aliphatic rings. The van der Waals surface area contributed by atoms with Gasteiger partial charge < -0.3 is 8.94 Å². The van der Waals surface area contributed by atoms with Gasteiger partial charge in [0.15, 0.2) is 11.2 Å². The summed E-state index contributed by atoms with van der Waals surface area (Å²) in [6.07, 6.45) is 0. The van der Waals surface area contributed by atoms with Gasteiger partial charge in [0.25, 0.3) is 5.91 Å². The standard InChI is InChI=1S/C22H15ClN2O4/c1-11-3-8-16-15(9-11)20(26)18-19(13-4-6-14(23)7-5-13)25(22(27)21(18)28-16)17-10-12(2)29-24-17/h3-10,19H,1-2H3. The Morgan fingerprint density at radius 1 is 1.03 bits per heavy atom. The van der Waals surface area contributed by atoms with Crippen molar-refractivity contribution in [3.05, 3.63) is 92.0 Å². The number of nitrogens with zero attached hydrogens (tertiary/aromatic N) is 2. The van der Waals surface area contributed by atoms with Crippen LogP contribution >= 0.6 is 11.6 Å². The van der Waals surface area contributed by atoms with Gasteiger partial charge in [-0.3, -0.25) is 14.5 Å². The van der Waals surface area contributed by atoms with Crippen LogP contribution in [0.15, 0.2) is 62.3 Å². The van der Waals surface area contributed by atoms with Gasteiger partial charge in [0, 0.05) is 11.1 Å². The Labute approximate surface area is 170 Å². The molecule has 29 heavy (non-hydrogen) atoms. The second-order valence-electron chi connectivity index (χ2n) is 7.10. The van der Waals surface area contributed by atoms with Crippen LogP contribution in [0.25, 0.3) is 11.0 Å². The van der Waals surface area contributed by atoms with E-state index < -0.39 is 11.9 Å². The molecular formula is C22H15ClN2O4. The van der Waals surface area contributed by atoms with Gasteiger partial charge in [-0.1, -0.05) is 40.5 Å². The molecule has 0 saturated heterocycles. The van der Waals surface area contributed by atoms with Crippen LogP contribution in [-0.2, 0) is 0 Å². The summed E-state index contributed by atoms with van der Waals surface area (Å²) in [5.74, 6) is 0.456. The Kier molecular flexibility index (Phi) is 3.86. The van der Waals surface area contributed by atoms with Crippen molar-refractivity contribution < 1.29 is 13.7 Å².